The Labute approximate surface area is 236 Å². The lowest BCUT2D eigenvalue weighted by molar-refractivity contribution is 1.59. The van der Waals surface area contributed by atoms with Crippen molar-refractivity contribution in [1.82, 2.24) is 0 Å². The molecule has 0 aliphatic rings. The van der Waals surface area contributed by atoms with Gasteiger partial charge in [-0.2, -0.15) is 0 Å². The van der Waals surface area contributed by atoms with Crippen LogP contribution in [0.15, 0.2) is 146 Å². The predicted molar refractivity (Wildman–Crippen MR) is 168 cm³/mol. The highest BCUT2D eigenvalue weighted by atomic mass is 35.6. The summed E-state index contributed by atoms with van der Waals surface area (Å²) in [6.07, 6.45) is 0. The first-order chi connectivity index (χ1) is 18.6. The van der Waals surface area contributed by atoms with Crippen LogP contribution in [0.4, 0.5) is 0 Å². The molecule has 182 valence electrons. The van der Waals surface area contributed by atoms with E-state index in [1.807, 2.05) is 97.1 Å². The van der Waals surface area contributed by atoms with Crippen LogP contribution in [0.5, 0.6) is 0 Å². The fraction of sp³-hybridized carbons (Fsp3) is 0. The summed E-state index contributed by atoms with van der Waals surface area (Å²) in [6.45, 7) is 0. The summed E-state index contributed by atoms with van der Waals surface area (Å²) >= 11 is 14.8. The zero-order chi connectivity index (χ0) is 26.3. The summed E-state index contributed by atoms with van der Waals surface area (Å²) in [5.74, 6) is 6.83. The molecule has 0 nitrogen and oxygen atoms in total. The van der Waals surface area contributed by atoms with Gasteiger partial charge in [-0.15, -0.1) is 22.2 Å². The minimum absolute atomic E-state index is 0.846. The van der Waals surface area contributed by atoms with E-state index in [0.717, 1.165) is 31.9 Å². The quantitative estimate of drug-likeness (QED) is 0.156. The highest BCUT2D eigenvalue weighted by Crippen LogP contribution is 2.14. The Kier molecular flexibility index (Phi) is 7.99. The molecule has 0 spiro atoms. The molecule has 0 saturated heterocycles. The van der Waals surface area contributed by atoms with Gasteiger partial charge < -0.3 is 0 Å². The summed E-state index contributed by atoms with van der Waals surface area (Å²) in [5, 5.41) is 4.24. The number of halogens is 2. The van der Waals surface area contributed by atoms with E-state index in [0.29, 0.717) is 0 Å². The van der Waals surface area contributed by atoms with Crippen LogP contribution in [0.25, 0.3) is 0 Å². The normalized spacial score (nSPS) is 11.0. The minimum atomic E-state index is -2.83. The van der Waals surface area contributed by atoms with Gasteiger partial charge in [-0.25, -0.2) is 0 Å². The summed E-state index contributed by atoms with van der Waals surface area (Å²) in [4.78, 5) is 0. The first-order valence-electron chi connectivity index (χ1n) is 12.3. The molecule has 0 radical (unpaired) electrons. The largest absolute Gasteiger partial charge is 0.294 e. The lowest BCUT2D eigenvalue weighted by Gasteiger charge is -2.19. The molecule has 0 fully saturated rings. The second-order valence-corrected chi connectivity index (χ2v) is 17.7. The highest BCUT2D eigenvalue weighted by molar-refractivity contribution is 7.38. The van der Waals surface area contributed by atoms with Gasteiger partial charge in [0.05, 0.1) is 0 Å². The maximum atomic E-state index is 7.42. The minimum Gasteiger partial charge on any atom is -0.138 e. The van der Waals surface area contributed by atoms with Crippen LogP contribution in [0.3, 0.4) is 0 Å². The van der Waals surface area contributed by atoms with E-state index < -0.39 is 14.8 Å². The average molecular weight is 560 g/mol. The molecule has 0 bridgehead atoms. The van der Waals surface area contributed by atoms with Crippen LogP contribution in [-0.2, 0) is 0 Å². The van der Waals surface area contributed by atoms with Crippen molar-refractivity contribution in [1.29, 1.82) is 0 Å². The van der Waals surface area contributed by atoms with Crippen LogP contribution in [0, 0.1) is 22.9 Å². The van der Waals surface area contributed by atoms with Gasteiger partial charge in [0.2, 0.25) is 0 Å². The molecule has 0 saturated carbocycles. The van der Waals surface area contributed by atoms with Gasteiger partial charge >= 0.3 is 0 Å². The lowest BCUT2D eigenvalue weighted by atomic mass is 10.1. The molecule has 5 aromatic rings. The van der Waals surface area contributed by atoms with Crippen LogP contribution < -0.4 is 20.7 Å². The van der Waals surface area contributed by atoms with E-state index in [9.17, 15) is 0 Å². The van der Waals surface area contributed by atoms with E-state index >= 15 is 0 Å². The zero-order valence-electron chi connectivity index (χ0n) is 20.6. The SMILES string of the molecule is Cl[Si](C#Cc1ccccc1C#C[Si](Cl)(c1ccccc1)c1ccccc1)(c1ccccc1)c1ccccc1. The van der Waals surface area contributed by atoms with E-state index in [4.69, 9.17) is 22.2 Å². The number of rotatable bonds is 4. The first-order valence-corrected chi connectivity index (χ1v) is 18.4. The molecule has 5 rings (SSSR count). The van der Waals surface area contributed by atoms with Crippen molar-refractivity contribution < 1.29 is 0 Å². The van der Waals surface area contributed by atoms with E-state index in [2.05, 4.69) is 71.5 Å². The van der Waals surface area contributed by atoms with Gasteiger partial charge in [-0.05, 0) is 32.9 Å². The average Bonchev–Trinajstić information content (AvgIpc) is 3.01. The third-order valence-electron chi connectivity index (χ3n) is 6.35. The topological polar surface area (TPSA) is 0 Å². The van der Waals surface area contributed by atoms with Gasteiger partial charge in [0.15, 0.2) is 0 Å². The van der Waals surface area contributed by atoms with E-state index in [-0.39, 0.29) is 0 Å². The van der Waals surface area contributed by atoms with Crippen molar-refractivity contribution in [3.05, 3.63) is 157 Å². The standard InChI is InChI=1S/C34H24Cl2Si2/c35-37(31-17-5-1-6-18-31,32-19-7-2-8-20-32)27-25-29-15-13-14-16-30(29)26-28-38(36,33-21-9-3-10-22-33)34-23-11-4-12-24-34/h1-24H. The number of hydrogen-bond donors (Lipinski definition) is 0. The molecule has 0 heterocycles. The Morgan fingerprint density at radius 3 is 0.842 bits per heavy atom. The Morgan fingerprint density at radius 2 is 0.579 bits per heavy atom. The van der Waals surface area contributed by atoms with Crippen LogP contribution >= 0.6 is 22.2 Å². The Bertz CT molecular complexity index is 1430. The molecule has 0 atom stereocenters. The fourth-order valence-electron chi connectivity index (χ4n) is 4.30. The van der Waals surface area contributed by atoms with Crippen molar-refractivity contribution in [3.63, 3.8) is 0 Å². The monoisotopic (exact) mass is 558 g/mol. The third-order valence-corrected chi connectivity index (χ3v) is 15.0. The van der Waals surface area contributed by atoms with Crippen LogP contribution in [0.2, 0.25) is 0 Å². The van der Waals surface area contributed by atoms with Crippen molar-refractivity contribution in [2.45, 2.75) is 0 Å². The number of hydrogen-bond acceptors (Lipinski definition) is 0. The summed E-state index contributed by atoms with van der Waals surface area (Å²) < 4.78 is 0. The second kappa shape index (κ2) is 11.7. The molecule has 38 heavy (non-hydrogen) atoms. The number of benzene rings is 5. The van der Waals surface area contributed by atoms with Gasteiger partial charge in [-0.3, -0.25) is 0 Å². The maximum absolute atomic E-state index is 7.42. The Morgan fingerprint density at radius 1 is 0.342 bits per heavy atom. The van der Waals surface area contributed by atoms with Crippen molar-refractivity contribution >= 4 is 57.7 Å². The third kappa shape index (κ3) is 5.56. The first kappa shape index (κ1) is 25.9. The highest BCUT2D eigenvalue weighted by Gasteiger charge is 2.35. The van der Waals surface area contributed by atoms with Crippen LogP contribution in [-0.4, -0.2) is 14.8 Å². The smallest absolute Gasteiger partial charge is 0.138 e. The second-order valence-electron chi connectivity index (χ2n) is 8.83. The van der Waals surface area contributed by atoms with Gasteiger partial charge in [0.1, 0.15) is 0 Å². The van der Waals surface area contributed by atoms with Crippen molar-refractivity contribution in [3.8, 4) is 22.9 Å². The summed E-state index contributed by atoms with van der Waals surface area (Å²) in [6, 6.07) is 48.6. The molecular weight excluding hydrogens is 535 g/mol. The van der Waals surface area contributed by atoms with E-state index in [1.54, 1.807) is 0 Å². The van der Waals surface area contributed by atoms with Crippen molar-refractivity contribution in [2.75, 3.05) is 0 Å². The lowest BCUT2D eigenvalue weighted by Crippen LogP contribution is -2.52. The maximum Gasteiger partial charge on any atom is 0.294 e. The summed E-state index contributed by atoms with van der Waals surface area (Å²) in [5.41, 5.74) is 8.71. The van der Waals surface area contributed by atoms with Crippen molar-refractivity contribution in [2.24, 2.45) is 0 Å². The summed E-state index contributed by atoms with van der Waals surface area (Å²) in [7, 11) is -5.65. The molecule has 5 aromatic carbocycles. The molecule has 0 aliphatic carbocycles. The van der Waals surface area contributed by atoms with Gasteiger partial charge in [-0.1, -0.05) is 156 Å². The van der Waals surface area contributed by atoms with Crippen LogP contribution in [0.1, 0.15) is 11.1 Å². The van der Waals surface area contributed by atoms with Gasteiger partial charge in [0.25, 0.3) is 14.8 Å². The zero-order valence-corrected chi connectivity index (χ0v) is 24.1. The van der Waals surface area contributed by atoms with Gasteiger partial charge in [0, 0.05) is 11.1 Å². The molecule has 4 heteroatoms. The Hall–Kier alpha value is -3.77. The molecular formula is C34H24Cl2Si2. The predicted octanol–water partition coefficient (Wildman–Crippen LogP) is 5.47. The fourth-order valence-corrected chi connectivity index (χ4v) is 10.6. The molecule has 0 aliphatic heterocycles. The molecule has 0 aromatic heterocycles. The Balaban J connectivity index is 1.60. The molecule has 0 amide bonds. The van der Waals surface area contributed by atoms with E-state index in [1.165, 1.54) is 0 Å². The molecule has 0 unspecified atom stereocenters. The molecule has 0 N–H and O–H groups in total.